The zero-order valence-electron chi connectivity index (χ0n) is 18.2. The van der Waals surface area contributed by atoms with Gasteiger partial charge in [0.2, 0.25) is 0 Å². The van der Waals surface area contributed by atoms with E-state index in [2.05, 4.69) is 16.5 Å². The van der Waals surface area contributed by atoms with Crippen LogP contribution < -0.4 is 4.74 Å². The minimum absolute atomic E-state index is 0.00135. The number of para-hydroxylation sites is 1. The lowest BCUT2D eigenvalue weighted by molar-refractivity contribution is 0.269. The van der Waals surface area contributed by atoms with Crippen LogP contribution in [-0.2, 0) is 12.0 Å². The minimum Gasteiger partial charge on any atom is -0.481 e. The van der Waals surface area contributed by atoms with Gasteiger partial charge in [-0.05, 0) is 61.7 Å². The van der Waals surface area contributed by atoms with E-state index in [-0.39, 0.29) is 35.2 Å². The van der Waals surface area contributed by atoms with Crippen LogP contribution >= 0.6 is 34.8 Å². The van der Waals surface area contributed by atoms with Crippen LogP contribution in [0.4, 0.5) is 8.78 Å². The van der Waals surface area contributed by atoms with Crippen LogP contribution in [0.5, 0.6) is 5.75 Å². The quantitative estimate of drug-likeness (QED) is 0.346. The number of nitrogens with zero attached hydrogens (tertiary/aromatic N) is 2. The lowest BCUT2D eigenvalue weighted by atomic mass is 9.75. The number of benzene rings is 2. The topological polar surface area (TPSA) is 27.1 Å². The third-order valence-corrected chi connectivity index (χ3v) is 7.84. The first-order chi connectivity index (χ1) is 16.3. The van der Waals surface area contributed by atoms with Crippen molar-refractivity contribution in [2.75, 3.05) is 0 Å². The molecule has 0 amide bonds. The number of rotatable bonds is 4. The normalized spacial score (nSPS) is 23.6. The molecule has 176 valence electrons. The highest BCUT2D eigenvalue weighted by Crippen LogP contribution is 2.47. The number of hydrogen-bond acceptors (Lipinski definition) is 2. The van der Waals surface area contributed by atoms with Gasteiger partial charge in [0.1, 0.15) is 18.3 Å². The SMILES string of the molecule is CC1(c2ccc(Cl)c(Cl)c2)CCC2C=C(F)C=CC2n2c1cnc2COc1c(F)cccc1Cl. The highest BCUT2D eigenvalue weighted by atomic mass is 35.5. The van der Waals surface area contributed by atoms with E-state index in [0.29, 0.717) is 15.9 Å². The summed E-state index contributed by atoms with van der Waals surface area (Å²) in [5.74, 6) is -0.298. The first-order valence-corrected chi connectivity index (χ1v) is 12.1. The Morgan fingerprint density at radius 3 is 2.71 bits per heavy atom. The van der Waals surface area contributed by atoms with Gasteiger partial charge < -0.3 is 9.30 Å². The summed E-state index contributed by atoms with van der Waals surface area (Å²) in [6.07, 6.45) is 8.30. The van der Waals surface area contributed by atoms with Crippen molar-refractivity contribution in [3.8, 4) is 5.75 Å². The summed E-state index contributed by atoms with van der Waals surface area (Å²) < 4.78 is 36.3. The lowest BCUT2D eigenvalue weighted by Gasteiger charge is -2.31. The third kappa shape index (κ3) is 4.04. The van der Waals surface area contributed by atoms with E-state index in [1.807, 2.05) is 24.4 Å². The predicted molar refractivity (Wildman–Crippen MR) is 131 cm³/mol. The Morgan fingerprint density at radius 2 is 1.94 bits per heavy atom. The fourth-order valence-electron chi connectivity index (χ4n) is 4.94. The molecule has 2 aromatic carbocycles. The van der Waals surface area contributed by atoms with Gasteiger partial charge in [-0.1, -0.05) is 53.0 Å². The molecule has 0 bridgehead atoms. The molecule has 1 aromatic heterocycles. The number of fused-ring (bicyclic) bond motifs is 3. The second kappa shape index (κ2) is 9.03. The molecule has 0 spiro atoms. The van der Waals surface area contributed by atoms with Crippen LogP contribution in [0.3, 0.4) is 0 Å². The summed E-state index contributed by atoms with van der Waals surface area (Å²) in [7, 11) is 0. The molecule has 2 aliphatic rings. The maximum atomic E-state index is 14.3. The molecular formula is C26H21Cl3F2N2O. The van der Waals surface area contributed by atoms with Crippen molar-refractivity contribution < 1.29 is 13.5 Å². The van der Waals surface area contributed by atoms with E-state index < -0.39 is 11.2 Å². The van der Waals surface area contributed by atoms with Gasteiger partial charge >= 0.3 is 0 Å². The van der Waals surface area contributed by atoms with E-state index in [1.54, 1.807) is 18.2 Å². The number of halogens is 5. The molecule has 8 heteroatoms. The Bertz CT molecular complexity index is 1300. The first-order valence-electron chi connectivity index (χ1n) is 10.9. The minimum atomic E-state index is -0.545. The molecule has 0 fully saturated rings. The van der Waals surface area contributed by atoms with Crippen molar-refractivity contribution in [3.05, 3.63) is 105 Å². The summed E-state index contributed by atoms with van der Waals surface area (Å²) in [6.45, 7) is 2.13. The maximum Gasteiger partial charge on any atom is 0.174 e. The largest absolute Gasteiger partial charge is 0.481 e. The second-order valence-corrected chi connectivity index (χ2v) is 10.1. The van der Waals surface area contributed by atoms with Crippen LogP contribution in [0.1, 0.15) is 42.9 Å². The molecule has 3 atom stereocenters. The summed E-state index contributed by atoms with van der Waals surface area (Å²) >= 11 is 18.7. The summed E-state index contributed by atoms with van der Waals surface area (Å²) in [5.41, 5.74) is 1.46. The Labute approximate surface area is 211 Å². The average Bonchev–Trinajstić information content (AvgIpc) is 3.18. The molecule has 3 nitrogen and oxygen atoms in total. The van der Waals surface area contributed by atoms with E-state index in [9.17, 15) is 8.78 Å². The van der Waals surface area contributed by atoms with Crippen LogP contribution in [-0.4, -0.2) is 9.55 Å². The van der Waals surface area contributed by atoms with Crippen molar-refractivity contribution >= 4 is 34.8 Å². The predicted octanol–water partition coefficient (Wildman–Crippen LogP) is 8.24. The molecule has 2 heterocycles. The molecule has 1 aliphatic carbocycles. The fourth-order valence-corrected chi connectivity index (χ4v) is 5.46. The molecule has 5 rings (SSSR count). The molecule has 1 aliphatic heterocycles. The number of hydrogen-bond donors (Lipinski definition) is 0. The fraction of sp³-hybridized carbons (Fsp3) is 0.269. The average molecular weight is 522 g/mol. The molecule has 0 radical (unpaired) electrons. The Morgan fingerprint density at radius 1 is 1.12 bits per heavy atom. The highest BCUT2D eigenvalue weighted by molar-refractivity contribution is 6.42. The van der Waals surface area contributed by atoms with Gasteiger partial charge in [-0.15, -0.1) is 0 Å². The number of ether oxygens (including phenoxy) is 1. The third-order valence-electron chi connectivity index (χ3n) is 6.80. The monoisotopic (exact) mass is 520 g/mol. The van der Waals surface area contributed by atoms with Gasteiger partial charge in [0.05, 0.1) is 21.1 Å². The van der Waals surface area contributed by atoms with Crippen LogP contribution in [0.15, 0.2) is 66.6 Å². The molecule has 0 saturated heterocycles. The van der Waals surface area contributed by atoms with Crippen LogP contribution in [0.25, 0.3) is 0 Å². The second-order valence-electron chi connectivity index (χ2n) is 8.83. The van der Waals surface area contributed by atoms with Gasteiger partial charge in [-0.3, -0.25) is 0 Å². The van der Waals surface area contributed by atoms with Crippen molar-refractivity contribution in [1.29, 1.82) is 0 Å². The zero-order chi connectivity index (χ0) is 24.0. The standard InChI is InChI=1S/C26H21Cl3F2N2O/c1-26(16-5-7-18(27)20(29)12-16)10-9-15-11-17(30)6-8-22(15)33-23(26)13-32-24(33)14-34-25-19(28)3-2-4-21(25)31/h2-8,11-13,15,22H,9-10,14H2,1H3. The number of imidazole rings is 1. The highest BCUT2D eigenvalue weighted by Gasteiger charge is 2.41. The summed E-state index contributed by atoms with van der Waals surface area (Å²) in [5, 5.41) is 1.13. The molecule has 0 saturated carbocycles. The van der Waals surface area contributed by atoms with Crippen molar-refractivity contribution in [2.24, 2.45) is 5.92 Å². The summed E-state index contributed by atoms with van der Waals surface area (Å²) in [4.78, 5) is 4.65. The molecule has 0 N–H and O–H groups in total. The Hall–Kier alpha value is -2.34. The molecule has 3 unspecified atom stereocenters. The van der Waals surface area contributed by atoms with Crippen molar-refractivity contribution in [2.45, 2.75) is 37.8 Å². The van der Waals surface area contributed by atoms with Gasteiger partial charge in [0.15, 0.2) is 11.6 Å². The van der Waals surface area contributed by atoms with Gasteiger partial charge in [0.25, 0.3) is 0 Å². The van der Waals surface area contributed by atoms with Gasteiger partial charge in [0, 0.05) is 23.2 Å². The first kappa shape index (κ1) is 23.4. The van der Waals surface area contributed by atoms with Crippen molar-refractivity contribution in [1.82, 2.24) is 9.55 Å². The number of allylic oxidation sites excluding steroid dienone is 4. The molecular weight excluding hydrogens is 501 g/mol. The summed E-state index contributed by atoms with van der Waals surface area (Å²) in [6, 6.07) is 9.85. The molecule has 3 aromatic rings. The van der Waals surface area contributed by atoms with Crippen molar-refractivity contribution in [3.63, 3.8) is 0 Å². The van der Waals surface area contributed by atoms with E-state index >= 15 is 0 Å². The van der Waals surface area contributed by atoms with Gasteiger partial charge in [-0.2, -0.15) is 0 Å². The van der Waals surface area contributed by atoms with E-state index in [4.69, 9.17) is 39.5 Å². The Kier molecular flexibility index (Phi) is 6.21. The smallest absolute Gasteiger partial charge is 0.174 e. The zero-order valence-corrected chi connectivity index (χ0v) is 20.5. The maximum absolute atomic E-state index is 14.3. The Balaban J connectivity index is 1.61. The lowest BCUT2D eigenvalue weighted by Crippen LogP contribution is -2.27. The van der Waals surface area contributed by atoms with Crippen LogP contribution in [0.2, 0.25) is 15.1 Å². The number of aromatic nitrogens is 2. The van der Waals surface area contributed by atoms with Crippen LogP contribution in [0, 0.1) is 11.7 Å². The van der Waals surface area contributed by atoms with Gasteiger partial charge in [-0.25, -0.2) is 13.8 Å². The molecule has 34 heavy (non-hydrogen) atoms. The van der Waals surface area contributed by atoms with E-state index in [0.717, 1.165) is 24.1 Å². The van der Waals surface area contributed by atoms with E-state index in [1.165, 1.54) is 18.2 Å².